The molecule has 1 fully saturated rings. The summed E-state index contributed by atoms with van der Waals surface area (Å²) in [7, 11) is 0. The maximum absolute atomic E-state index is 11.7. The average molecular weight is 230 g/mol. The quantitative estimate of drug-likeness (QED) is 0.538. The molecule has 0 radical (unpaired) electrons. The second-order valence-electron chi connectivity index (χ2n) is 4.23. The summed E-state index contributed by atoms with van der Waals surface area (Å²) in [6.07, 6.45) is 1.31. The lowest BCUT2D eigenvalue weighted by molar-refractivity contribution is -0.127. The number of aliphatic hydroxyl groups excluding tert-OH is 1. The maximum atomic E-state index is 11.7. The molecule has 1 amide bonds. The van der Waals surface area contributed by atoms with E-state index >= 15 is 0 Å². The highest BCUT2D eigenvalue weighted by atomic mass is 16.5. The minimum absolute atomic E-state index is 0.116. The first-order chi connectivity index (χ1) is 7.70. The van der Waals surface area contributed by atoms with E-state index in [9.17, 15) is 4.79 Å². The van der Waals surface area contributed by atoms with Gasteiger partial charge in [-0.3, -0.25) is 4.79 Å². The molecule has 3 N–H and O–H groups in total. The number of aliphatic hydroxyl groups is 1. The number of nitrogens with one attached hydrogen (secondary N) is 2. The molecule has 5 heteroatoms. The monoisotopic (exact) mass is 230 g/mol. The van der Waals surface area contributed by atoms with Crippen molar-refractivity contribution in [2.24, 2.45) is 5.92 Å². The summed E-state index contributed by atoms with van der Waals surface area (Å²) in [5.41, 5.74) is 0. The van der Waals surface area contributed by atoms with E-state index in [-0.39, 0.29) is 17.9 Å². The van der Waals surface area contributed by atoms with Crippen molar-refractivity contribution >= 4 is 5.91 Å². The number of carbonyl (C=O) groups excluding carboxylic acids is 1. The number of ether oxygens (including phenoxy) is 1. The molecule has 0 spiro atoms. The number of hydrogen-bond acceptors (Lipinski definition) is 4. The van der Waals surface area contributed by atoms with Crippen LogP contribution in [-0.2, 0) is 9.53 Å². The van der Waals surface area contributed by atoms with Gasteiger partial charge >= 0.3 is 0 Å². The van der Waals surface area contributed by atoms with Crippen LogP contribution in [0, 0.1) is 5.92 Å². The summed E-state index contributed by atoms with van der Waals surface area (Å²) in [6, 6.07) is 0. The van der Waals surface area contributed by atoms with Crippen molar-refractivity contribution in [1.82, 2.24) is 10.6 Å². The van der Waals surface area contributed by atoms with Crippen LogP contribution in [0.3, 0.4) is 0 Å². The Labute approximate surface area is 96.6 Å². The van der Waals surface area contributed by atoms with Crippen LogP contribution < -0.4 is 10.6 Å². The zero-order valence-corrected chi connectivity index (χ0v) is 9.87. The molecule has 94 valence electrons. The molecule has 0 aromatic carbocycles. The van der Waals surface area contributed by atoms with E-state index in [1.807, 2.05) is 0 Å². The zero-order valence-electron chi connectivity index (χ0n) is 9.87. The highest BCUT2D eigenvalue weighted by Crippen LogP contribution is 2.14. The number of hydrogen-bond donors (Lipinski definition) is 3. The first kappa shape index (κ1) is 13.4. The summed E-state index contributed by atoms with van der Waals surface area (Å²) in [5, 5.41) is 14.9. The van der Waals surface area contributed by atoms with E-state index in [1.165, 1.54) is 0 Å². The summed E-state index contributed by atoms with van der Waals surface area (Å²) >= 11 is 0. The molecule has 0 bridgehead atoms. The van der Waals surface area contributed by atoms with Gasteiger partial charge in [-0.05, 0) is 19.8 Å². The van der Waals surface area contributed by atoms with Crippen molar-refractivity contribution in [2.75, 3.05) is 32.8 Å². The fourth-order valence-corrected chi connectivity index (χ4v) is 1.69. The first-order valence-corrected chi connectivity index (χ1v) is 5.94. The van der Waals surface area contributed by atoms with Gasteiger partial charge in [0.05, 0.1) is 6.10 Å². The van der Waals surface area contributed by atoms with Crippen molar-refractivity contribution in [2.45, 2.75) is 25.9 Å². The predicted molar refractivity (Wildman–Crippen MR) is 61.1 cm³/mol. The molecule has 1 aliphatic heterocycles. The van der Waals surface area contributed by atoms with E-state index < -0.39 is 0 Å². The molecule has 0 aromatic heterocycles. The van der Waals surface area contributed by atoms with Gasteiger partial charge in [-0.2, -0.15) is 0 Å². The number of carbonyl (C=O) groups is 1. The van der Waals surface area contributed by atoms with Crippen LogP contribution in [-0.4, -0.2) is 50.0 Å². The molecule has 1 aliphatic rings. The van der Waals surface area contributed by atoms with Gasteiger partial charge in [0, 0.05) is 38.8 Å². The van der Waals surface area contributed by atoms with Crippen LogP contribution in [0.1, 0.15) is 19.8 Å². The van der Waals surface area contributed by atoms with Crippen LogP contribution >= 0.6 is 0 Å². The molecule has 1 rings (SSSR count). The van der Waals surface area contributed by atoms with Gasteiger partial charge in [0.2, 0.25) is 5.91 Å². The molecule has 1 atom stereocenters. The topological polar surface area (TPSA) is 70.6 Å². The van der Waals surface area contributed by atoms with Crippen molar-refractivity contribution in [3.63, 3.8) is 0 Å². The maximum Gasteiger partial charge on any atom is 0.223 e. The Kier molecular flexibility index (Phi) is 6.37. The highest BCUT2D eigenvalue weighted by Gasteiger charge is 2.20. The van der Waals surface area contributed by atoms with Gasteiger partial charge in [0.25, 0.3) is 0 Å². The van der Waals surface area contributed by atoms with Crippen molar-refractivity contribution in [3.05, 3.63) is 0 Å². The van der Waals surface area contributed by atoms with Gasteiger partial charge in [0.15, 0.2) is 0 Å². The lowest BCUT2D eigenvalue weighted by Crippen LogP contribution is -2.39. The Bertz CT molecular complexity index is 203. The first-order valence-electron chi connectivity index (χ1n) is 5.94. The minimum atomic E-state index is -0.341. The Morgan fingerprint density at radius 2 is 2.12 bits per heavy atom. The number of amides is 1. The summed E-state index contributed by atoms with van der Waals surface area (Å²) in [4.78, 5) is 11.7. The largest absolute Gasteiger partial charge is 0.392 e. The second kappa shape index (κ2) is 7.60. The normalized spacial score (nSPS) is 19.4. The molecular weight excluding hydrogens is 208 g/mol. The number of rotatable bonds is 6. The van der Waals surface area contributed by atoms with Crippen LogP contribution in [0.2, 0.25) is 0 Å². The van der Waals surface area contributed by atoms with E-state index in [2.05, 4.69) is 10.6 Å². The summed E-state index contributed by atoms with van der Waals surface area (Å²) < 4.78 is 5.20. The molecule has 1 unspecified atom stereocenters. The summed E-state index contributed by atoms with van der Waals surface area (Å²) in [6.45, 7) is 4.99. The summed E-state index contributed by atoms with van der Waals surface area (Å²) in [5.74, 6) is 0.243. The fraction of sp³-hybridized carbons (Fsp3) is 0.909. The van der Waals surface area contributed by atoms with Crippen LogP contribution in [0.15, 0.2) is 0 Å². The van der Waals surface area contributed by atoms with Gasteiger partial charge < -0.3 is 20.5 Å². The minimum Gasteiger partial charge on any atom is -0.392 e. The van der Waals surface area contributed by atoms with Gasteiger partial charge in [-0.1, -0.05) is 0 Å². The van der Waals surface area contributed by atoms with Gasteiger partial charge in [-0.15, -0.1) is 0 Å². The smallest absolute Gasteiger partial charge is 0.223 e. The third-order valence-electron chi connectivity index (χ3n) is 2.63. The van der Waals surface area contributed by atoms with Gasteiger partial charge in [0.1, 0.15) is 0 Å². The zero-order chi connectivity index (χ0) is 11.8. The van der Waals surface area contributed by atoms with E-state index in [1.54, 1.807) is 6.92 Å². The van der Waals surface area contributed by atoms with Crippen LogP contribution in [0.5, 0.6) is 0 Å². The van der Waals surface area contributed by atoms with E-state index in [0.29, 0.717) is 32.8 Å². The standard InChI is InChI=1S/C11H22N2O3/c1-9(14)8-12-4-5-13-11(15)10-2-6-16-7-3-10/h9-10,12,14H,2-8H2,1H3,(H,13,15). The third-order valence-corrected chi connectivity index (χ3v) is 2.63. The second-order valence-corrected chi connectivity index (χ2v) is 4.23. The highest BCUT2D eigenvalue weighted by molar-refractivity contribution is 5.78. The molecule has 0 saturated carbocycles. The fourth-order valence-electron chi connectivity index (χ4n) is 1.69. The molecule has 5 nitrogen and oxygen atoms in total. The Hall–Kier alpha value is -0.650. The molecular formula is C11H22N2O3. The van der Waals surface area contributed by atoms with Crippen molar-refractivity contribution < 1.29 is 14.6 Å². The van der Waals surface area contributed by atoms with Crippen molar-refractivity contribution in [1.29, 1.82) is 0 Å². The van der Waals surface area contributed by atoms with Crippen LogP contribution in [0.25, 0.3) is 0 Å². The Morgan fingerprint density at radius 1 is 1.44 bits per heavy atom. The molecule has 0 aromatic rings. The average Bonchev–Trinajstić information content (AvgIpc) is 2.29. The van der Waals surface area contributed by atoms with Gasteiger partial charge in [-0.25, -0.2) is 0 Å². The molecule has 1 saturated heterocycles. The Morgan fingerprint density at radius 3 is 2.75 bits per heavy atom. The van der Waals surface area contributed by atoms with Crippen molar-refractivity contribution in [3.8, 4) is 0 Å². The molecule has 16 heavy (non-hydrogen) atoms. The van der Waals surface area contributed by atoms with Crippen LogP contribution in [0.4, 0.5) is 0 Å². The Balaban J connectivity index is 2.01. The van der Waals surface area contributed by atoms with E-state index in [0.717, 1.165) is 12.8 Å². The molecule has 1 heterocycles. The predicted octanol–water partition coefficient (Wildman–Crippen LogP) is -0.500. The lowest BCUT2D eigenvalue weighted by atomic mass is 9.99. The van der Waals surface area contributed by atoms with E-state index in [4.69, 9.17) is 9.84 Å². The molecule has 0 aliphatic carbocycles. The lowest BCUT2D eigenvalue weighted by Gasteiger charge is -2.21. The SMILES string of the molecule is CC(O)CNCCNC(=O)C1CCOCC1. The third kappa shape index (κ3) is 5.44.